The third-order valence-corrected chi connectivity index (χ3v) is 7.41. The van der Waals surface area contributed by atoms with Gasteiger partial charge in [0.2, 0.25) is 0 Å². The van der Waals surface area contributed by atoms with Gasteiger partial charge in [0.1, 0.15) is 0 Å². The van der Waals surface area contributed by atoms with Gasteiger partial charge in [-0.05, 0) is 85.7 Å². The largest absolute Gasteiger partial charge is 0.304 e. The molecule has 0 aliphatic carbocycles. The Kier molecular flexibility index (Phi) is 7.69. The molecule has 7 aromatic rings. The molecule has 41 heavy (non-hydrogen) atoms. The van der Waals surface area contributed by atoms with E-state index in [1.807, 2.05) is 12.3 Å². The van der Waals surface area contributed by atoms with Crippen LogP contribution in [0.15, 0.2) is 158 Å². The Hall–Kier alpha value is -4.62. The van der Waals surface area contributed by atoms with Gasteiger partial charge in [-0.15, -0.1) is 35.4 Å². The van der Waals surface area contributed by atoms with Crippen molar-refractivity contribution in [3.05, 3.63) is 164 Å². The van der Waals surface area contributed by atoms with Gasteiger partial charge in [0.15, 0.2) is 0 Å². The number of aromatic nitrogens is 1. The summed E-state index contributed by atoms with van der Waals surface area (Å²) in [5.41, 5.74) is 11.5. The Morgan fingerprint density at radius 2 is 0.927 bits per heavy atom. The number of pyridine rings is 1. The first-order valence-corrected chi connectivity index (χ1v) is 13.5. The summed E-state index contributed by atoms with van der Waals surface area (Å²) in [4.78, 5) is 4.72. The Bertz CT molecular complexity index is 1880. The second-order valence-electron chi connectivity index (χ2n) is 9.98. The zero-order valence-electron chi connectivity index (χ0n) is 22.3. The molecule has 0 bridgehead atoms. The molecule has 6 aromatic carbocycles. The van der Waals surface area contributed by atoms with Crippen LogP contribution in [0.1, 0.15) is 0 Å². The summed E-state index contributed by atoms with van der Waals surface area (Å²) in [7, 11) is 0. The van der Waals surface area contributed by atoms with E-state index in [1.54, 1.807) is 0 Å². The van der Waals surface area contributed by atoms with Crippen LogP contribution in [-0.2, 0) is 20.1 Å². The van der Waals surface area contributed by atoms with E-state index < -0.39 is 0 Å². The first-order chi connectivity index (χ1) is 19.8. The molecular formula is C39H26IrN-. The van der Waals surface area contributed by atoms with E-state index in [2.05, 4.69) is 152 Å². The minimum absolute atomic E-state index is 0. The van der Waals surface area contributed by atoms with Gasteiger partial charge in [0.05, 0.1) is 0 Å². The van der Waals surface area contributed by atoms with Crippen LogP contribution < -0.4 is 0 Å². The smallest absolute Gasteiger partial charge is 0.0167 e. The van der Waals surface area contributed by atoms with Gasteiger partial charge in [-0.25, -0.2) is 0 Å². The molecule has 197 valence electrons. The van der Waals surface area contributed by atoms with Crippen LogP contribution in [-0.4, -0.2) is 4.98 Å². The molecule has 0 aliphatic rings. The fourth-order valence-electron chi connectivity index (χ4n) is 5.38. The van der Waals surface area contributed by atoms with Crippen molar-refractivity contribution in [1.29, 1.82) is 0 Å². The molecule has 1 radical (unpaired) electrons. The van der Waals surface area contributed by atoms with Gasteiger partial charge >= 0.3 is 0 Å². The quantitative estimate of drug-likeness (QED) is 0.163. The molecule has 0 saturated carbocycles. The molecular weight excluding hydrogens is 675 g/mol. The Morgan fingerprint density at radius 3 is 1.61 bits per heavy atom. The standard InChI is InChI=1S/C39H26N.Ir/c1-3-11-28(12-4-1)35-25-36(29-13-5-2-6-14-29)27-37(26-35)33-18-9-16-31(23-33)32-17-10-19-34(24-32)39-38-20-8-7-15-30(38)21-22-40-39;/h1-18,20-27H;/q-1;. The summed E-state index contributed by atoms with van der Waals surface area (Å²) in [6, 6.07) is 57.1. The summed E-state index contributed by atoms with van der Waals surface area (Å²) in [6.07, 6.45) is 1.88. The predicted molar refractivity (Wildman–Crippen MR) is 168 cm³/mol. The molecule has 0 amide bonds. The minimum atomic E-state index is 0. The van der Waals surface area contributed by atoms with E-state index in [1.165, 1.54) is 44.3 Å². The molecule has 1 nitrogen and oxygen atoms in total. The average Bonchev–Trinajstić information content (AvgIpc) is 3.05. The van der Waals surface area contributed by atoms with Crippen molar-refractivity contribution in [2.45, 2.75) is 0 Å². The van der Waals surface area contributed by atoms with Gasteiger partial charge < -0.3 is 4.98 Å². The number of rotatable bonds is 5. The monoisotopic (exact) mass is 701 g/mol. The first-order valence-electron chi connectivity index (χ1n) is 13.5. The van der Waals surface area contributed by atoms with E-state index in [0.717, 1.165) is 22.2 Å². The number of nitrogens with zero attached hydrogens (tertiary/aromatic N) is 1. The summed E-state index contributed by atoms with van der Waals surface area (Å²) < 4.78 is 0. The van der Waals surface area contributed by atoms with Crippen LogP contribution >= 0.6 is 0 Å². The van der Waals surface area contributed by atoms with Crippen molar-refractivity contribution in [2.75, 3.05) is 0 Å². The van der Waals surface area contributed by atoms with Crippen LogP contribution in [0.25, 0.3) is 66.5 Å². The molecule has 0 saturated heterocycles. The second kappa shape index (κ2) is 11.9. The average molecular weight is 701 g/mol. The fourth-order valence-corrected chi connectivity index (χ4v) is 5.38. The number of hydrogen-bond acceptors (Lipinski definition) is 1. The maximum atomic E-state index is 4.72. The molecule has 2 heteroatoms. The van der Waals surface area contributed by atoms with Gasteiger partial charge in [-0.3, -0.25) is 0 Å². The molecule has 1 heterocycles. The summed E-state index contributed by atoms with van der Waals surface area (Å²) in [5.74, 6) is 0. The predicted octanol–water partition coefficient (Wildman–Crippen LogP) is 10.4. The van der Waals surface area contributed by atoms with Crippen molar-refractivity contribution in [1.82, 2.24) is 4.98 Å². The molecule has 0 aliphatic heterocycles. The fraction of sp³-hybridized carbons (Fsp3) is 0. The van der Waals surface area contributed by atoms with Crippen LogP contribution in [0.4, 0.5) is 0 Å². The third kappa shape index (κ3) is 5.54. The maximum absolute atomic E-state index is 4.72. The van der Waals surface area contributed by atoms with E-state index in [-0.39, 0.29) is 20.1 Å². The van der Waals surface area contributed by atoms with Crippen LogP contribution in [0.5, 0.6) is 0 Å². The Labute approximate surface area is 254 Å². The van der Waals surface area contributed by atoms with Crippen molar-refractivity contribution >= 4 is 10.8 Å². The van der Waals surface area contributed by atoms with Crippen molar-refractivity contribution in [3.63, 3.8) is 0 Å². The van der Waals surface area contributed by atoms with Gasteiger partial charge in [0, 0.05) is 26.3 Å². The van der Waals surface area contributed by atoms with Crippen LogP contribution in [0.3, 0.4) is 0 Å². The Balaban J connectivity index is 0.00000302. The van der Waals surface area contributed by atoms with Gasteiger partial charge in [0.25, 0.3) is 0 Å². The van der Waals surface area contributed by atoms with Gasteiger partial charge in [-0.1, -0.05) is 103 Å². The Morgan fingerprint density at radius 1 is 0.415 bits per heavy atom. The zero-order valence-corrected chi connectivity index (χ0v) is 24.7. The molecule has 7 rings (SSSR count). The third-order valence-electron chi connectivity index (χ3n) is 7.41. The molecule has 0 fully saturated rings. The zero-order chi connectivity index (χ0) is 26.7. The van der Waals surface area contributed by atoms with E-state index >= 15 is 0 Å². The topological polar surface area (TPSA) is 12.9 Å². The van der Waals surface area contributed by atoms with E-state index in [4.69, 9.17) is 4.98 Å². The molecule has 0 unspecified atom stereocenters. The molecule has 0 atom stereocenters. The van der Waals surface area contributed by atoms with Crippen molar-refractivity contribution < 1.29 is 20.1 Å². The molecule has 0 N–H and O–H groups in total. The number of benzene rings is 6. The summed E-state index contributed by atoms with van der Waals surface area (Å²) in [5, 5.41) is 2.32. The van der Waals surface area contributed by atoms with E-state index in [9.17, 15) is 0 Å². The van der Waals surface area contributed by atoms with Crippen molar-refractivity contribution in [2.24, 2.45) is 0 Å². The van der Waals surface area contributed by atoms with Crippen molar-refractivity contribution in [3.8, 4) is 55.8 Å². The summed E-state index contributed by atoms with van der Waals surface area (Å²) in [6.45, 7) is 0. The summed E-state index contributed by atoms with van der Waals surface area (Å²) >= 11 is 0. The minimum Gasteiger partial charge on any atom is -0.304 e. The first kappa shape index (κ1) is 26.6. The van der Waals surface area contributed by atoms with Gasteiger partial charge in [-0.2, -0.15) is 0 Å². The second-order valence-corrected chi connectivity index (χ2v) is 9.98. The number of hydrogen-bond donors (Lipinski definition) is 0. The normalized spacial score (nSPS) is 10.7. The van der Waals surface area contributed by atoms with Crippen LogP contribution in [0.2, 0.25) is 0 Å². The van der Waals surface area contributed by atoms with E-state index in [0.29, 0.717) is 0 Å². The molecule has 0 spiro atoms. The maximum Gasteiger partial charge on any atom is 0.0167 e. The number of fused-ring (bicyclic) bond motifs is 1. The van der Waals surface area contributed by atoms with Crippen LogP contribution in [0, 0.1) is 6.07 Å². The SMILES string of the molecule is [Ir].[c-]1ccc(-c2cccc(-c3cc(-c4ccccc4)cc(-c4ccccc4)c3)c2)cc1-c1nccc2ccccc12. The molecule has 1 aromatic heterocycles.